The smallest absolute Gasteiger partial charge is 0.195 e. The highest BCUT2D eigenvalue weighted by atomic mass is 32.1. The molecule has 2 atom stereocenters. The van der Waals surface area contributed by atoms with E-state index in [0.717, 1.165) is 11.1 Å². The van der Waals surface area contributed by atoms with Crippen molar-refractivity contribution >= 4 is 17.1 Å². The van der Waals surface area contributed by atoms with Crippen LogP contribution < -0.4 is 0 Å². The van der Waals surface area contributed by atoms with Crippen molar-refractivity contribution < 1.29 is 9.53 Å². The Morgan fingerprint density at radius 2 is 2.00 bits per heavy atom. The molecule has 1 fully saturated rings. The standard InChI is InChI=1S/C13H10O2S/c14-11(10-6-7-16-8-10)13-12(15-13)9-4-2-1-3-5-9/h1-8,12-13H/t12-,13-/m0/s1. The lowest BCUT2D eigenvalue weighted by Crippen LogP contribution is -2.06. The largest absolute Gasteiger partial charge is 0.356 e. The molecule has 80 valence electrons. The first-order valence-electron chi connectivity index (χ1n) is 5.13. The third-order valence-electron chi connectivity index (χ3n) is 2.68. The van der Waals surface area contributed by atoms with E-state index < -0.39 is 0 Å². The van der Waals surface area contributed by atoms with Crippen LogP contribution in [0, 0.1) is 0 Å². The molecule has 1 aliphatic rings. The number of hydrogen-bond donors (Lipinski definition) is 0. The van der Waals surface area contributed by atoms with Crippen LogP contribution in [0.2, 0.25) is 0 Å². The second-order valence-corrected chi connectivity index (χ2v) is 4.54. The van der Waals surface area contributed by atoms with E-state index in [0.29, 0.717) is 0 Å². The van der Waals surface area contributed by atoms with Gasteiger partial charge in [-0.1, -0.05) is 30.3 Å². The fourth-order valence-electron chi connectivity index (χ4n) is 1.78. The van der Waals surface area contributed by atoms with E-state index >= 15 is 0 Å². The van der Waals surface area contributed by atoms with Gasteiger partial charge in [0, 0.05) is 10.9 Å². The number of rotatable bonds is 3. The molecule has 2 nitrogen and oxygen atoms in total. The van der Waals surface area contributed by atoms with Crippen molar-refractivity contribution in [3.8, 4) is 0 Å². The van der Waals surface area contributed by atoms with E-state index in [1.165, 1.54) is 11.3 Å². The number of hydrogen-bond acceptors (Lipinski definition) is 3. The van der Waals surface area contributed by atoms with Crippen LogP contribution in [0.4, 0.5) is 0 Å². The molecule has 0 saturated carbocycles. The van der Waals surface area contributed by atoms with Gasteiger partial charge in [-0.05, 0) is 17.0 Å². The molecule has 2 heterocycles. The molecule has 0 aliphatic carbocycles. The summed E-state index contributed by atoms with van der Waals surface area (Å²) in [5.74, 6) is 0.0927. The molecule has 0 bridgehead atoms. The van der Waals surface area contributed by atoms with E-state index in [1.54, 1.807) is 0 Å². The van der Waals surface area contributed by atoms with Crippen LogP contribution in [0.3, 0.4) is 0 Å². The Hall–Kier alpha value is -1.45. The lowest BCUT2D eigenvalue weighted by Gasteiger charge is -1.94. The number of carbonyl (C=O) groups excluding carboxylic acids is 1. The van der Waals surface area contributed by atoms with Crippen LogP contribution in [-0.4, -0.2) is 11.9 Å². The summed E-state index contributed by atoms with van der Waals surface area (Å²) in [6, 6.07) is 11.7. The third-order valence-corrected chi connectivity index (χ3v) is 3.37. The van der Waals surface area contributed by atoms with E-state index in [1.807, 2.05) is 47.2 Å². The lowest BCUT2D eigenvalue weighted by molar-refractivity contribution is 0.0954. The van der Waals surface area contributed by atoms with Gasteiger partial charge in [-0.15, -0.1) is 0 Å². The minimum Gasteiger partial charge on any atom is -0.356 e. The summed E-state index contributed by atoms with van der Waals surface area (Å²) in [5, 5.41) is 3.78. The van der Waals surface area contributed by atoms with Crippen molar-refractivity contribution in [1.29, 1.82) is 0 Å². The molecule has 0 radical (unpaired) electrons. The number of epoxide rings is 1. The van der Waals surface area contributed by atoms with Crippen molar-refractivity contribution in [2.75, 3.05) is 0 Å². The molecular formula is C13H10O2S. The zero-order valence-electron chi connectivity index (χ0n) is 8.50. The molecule has 2 aromatic rings. The molecule has 0 spiro atoms. The highest BCUT2D eigenvalue weighted by molar-refractivity contribution is 7.08. The Morgan fingerprint density at radius 1 is 1.19 bits per heavy atom. The molecule has 3 heteroatoms. The van der Waals surface area contributed by atoms with E-state index in [9.17, 15) is 4.79 Å². The van der Waals surface area contributed by atoms with Gasteiger partial charge in [0.25, 0.3) is 0 Å². The summed E-state index contributed by atoms with van der Waals surface area (Å²) in [6.07, 6.45) is -0.328. The van der Waals surface area contributed by atoms with E-state index in [2.05, 4.69) is 0 Å². The predicted octanol–water partition coefficient (Wildman–Crippen LogP) is 3.07. The predicted molar refractivity (Wildman–Crippen MR) is 62.7 cm³/mol. The Morgan fingerprint density at radius 3 is 2.69 bits per heavy atom. The van der Waals surface area contributed by atoms with Crippen LogP contribution in [0.25, 0.3) is 0 Å². The molecular weight excluding hydrogens is 220 g/mol. The first-order chi connectivity index (χ1) is 7.86. The number of thiophene rings is 1. The van der Waals surface area contributed by atoms with Crippen molar-refractivity contribution in [3.63, 3.8) is 0 Å². The minimum atomic E-state index is -0.281. The van der Waals surface area contributed by atoms with E-state index in [-0.39, 0.29) is 18.0 Å². The molecule has 16 heavy (non-hydrogen) atoms. The first-order valence-corrected chi connectivity index (χ1v) is 6.07. The highest BCUT2D eigenvalue weighted by Crippen LogP contribution is 2.40. The van der Waals surface area contributed by atoms with Gasteiger partial charge < -0.3 is 4.74 Å². The van der Waals surface area contributed by atoms with Crippen molar-refractivity contribution in [1.82, 2.24) is 0 Å². The molecule has 1 aromatic heterocycles. The SMILES string of the molecule is O=C(c1ccsc1)[C@@H]1O[C@H]1c1ccccc1. The lowest BCUT2D eigenvalue weighted by atomic mass is 10.1. The van der Waals surface area contributed by atoms with Crippen LogP contribution in [0.5, 0.6) is 0 Å². The Bertz CT molecular complexity index is 490. The molecule has 0 N–H and O–H groups in total. The van der Waals surface area contributed by atoms with Gasteiger partial charge in [0.15, 0.2) is 11.9 Å². The third kappa shape index (κ3) is 1.68. The second kappa shape index (κ2) is 3.85. The van der Waals surface area contributed by atoms with Crippen molar-refractivity contribution in [2.24, 2.45) is 0 Å². The monoisotopic (exact) mass is 230 g/mol. The van der Waals surface area contributed by atoms with Crippen molar-refractivity contribution in [3.05, 3.63) is 58.3 Å². The summed E-state index contributed by atoms with van der Waals surface area (Å²) in [7, 11) is 0. The minimum absolute atomic E-state index is 0.0476. The second-order valence-electron chi connectivity index (χ2n) is 3.76. The maximum atomic E-state index is 11.9. The van der Waals surface area contributed by atoms with Crippen LogP contribution >= 0.6 is 11.3 Å². The fraction of sp³-hybridized carbons (Fsp3) is 0.154. The zero-order valence-corrected chi connectivity index (χ0v) is 9.31. The van der Waals surface area contributed by atoms with Crippen molar-refractivity contribution in [2.45, 2.75) is 12.2 Å². The summed E-state index contributed by atoms with van der Waals surface area (Å²) >= 11 is 1.53. The van der Waals surface area contributed by atoms with Gasteiger partial charge in [-0.2, -0.15) is 11.3 Å². The molecule has 0 unspecified atom stereocenters. The summed E-state index contributed by atoms with van der Waals surface area (Å²) in [5.41, 5.74) is 1.84. The van der Waals surface area contributed by atoms with Gasteiger partial charge >= 0.3 is 0 Å². The summed E-state index contributed by atoms with van der Waals surface area (Å²) in [4.78, 5) is 11.9. The number of ketones is 1. The molecule has 0 amide bonds. The Kier molecular flexibility index (Phi) is 2.35. The molecule has 1 saturated heterocycles. The van der Waals surface area contributed by atoms with Gasteiger partial charge in [0.05, 0.1) is 0 Å². The number of ether oxygens (including phenoxy) is 1. The molecule has 1 aliphatic heterocycles. The Balaban J connectivity index is 1.75. The number of Topliss-reactive ketones (excluding diaryl/α,β-unsaturated/α-hetero) is 1. The van der Waals surface area contributed by atoms with Gasteiger partial charge in [-0.3, -0.25) is 4.79 Å². The summed E-state index contributed by atoms with van der Waals surface area (Å²) < 4.78 is 5.44. The molecule has 1 aromatic carbocycles. The van der Waals surface area contributed by atoms with Gasteiger partial charge in [-0.25, -0.2) is 0 Å². The van der Waals surface area contributed by atoms with Gasteiger partial charge in [0.2, 0.25) is 0 Å². The fourth-order valence-corrected chi connectivity index (χ4v) is 2.42. The molecule has 3 rings (SSSR count). The quantitative estimate of drug-likeness (QED) is 0.599. The topological polar surface area (TPSA) is 29.6 Å². The first kappa shape index (κ1) is 9.75. The average molecular weight is 230 g/mol. The Labute approximate surface area is 97.5 Å². The maximum absolute atomic E-state index is 11.9. The van der Waals surface area contributed by atoms with E-state index in [4.69, 9.17) is 4.74 Å². The van der Waals surface area contributed by atoms with Crippen LogP contribution in [0.1, 0.15) is 22.0 Å². The maximum Gasteiger partial charge on any atom is 0.195 e. The zero-order chi connectivity index (χ0) is 11.0. The van der Waals surface area contributed by atoms with Gasteiger partial charge in [0.1, 0.15) is 6.10 Å². The highest BCUT2D eigenvalue weighted by Gasteiger charge is 2.46. The number of benzene rings is 1. The average Bonchev–Trinajstić information content (AvgIpc) is 2.95. The van der Waals surface area contributed by atoms with Crippen LogP contribution in [0.15, 0.2) is 47.2 Å². The van der Waals surface area contributed by atoms with Crippen LogP contribution in [-0.2, 0) is 4.74 Å². The normalized spacial score (nSPS) is 23.0. The number of carbonyl (C=O) groups is 1. The summed E-state index contributed by atoms with van der Waals surface area (Å²) in [6.45, 7) is 0.